The van der Waals surface area contributed by atoms with Crippen LogP contribution in [0.25, 0.3) is 22.6 Å². The summed E-state index contributed by atoms with van der Waals surface area (Å²) in [5.74, 6) is 1.06. The van der Waals surface area contributed by atoms with Crippen LogP contribution in [-0.2, 0) is 4.79 Å². The first kappa shape index (κ1) is 21.6. The topological polar surface area (TPSA) is 73.6 Å². The van der Waals surface area contributed by atoms with E-state index < -0.39 is 12.2 Å². The molecule has 6 nitrogen and oxygen atoms in total. The first-order valence-electron chi connectivity index (χ1n) is 10.5. The highest BCUT2D eigenvalue weighted by Crippen LogP contribution is 2.27. The number of amides is 1. The third-order valence-corrected chi connectivity index (χ3v) is 5.17. The average Bonchev–Trinajstić information content (AvgIpc) is 3.28. The smallest absolute Gasteiger partial charge is 0.321 e. The number of carbonyl (C=O) groups excluding carboxylic acids is 1. The van der Waals surface area contributed by atoms with E-state index in [1.807, 2.05) is 48.5 Å². The van der Waals surface area contributed by atoms with Gasteiger partial charge in [-0.15, -0.1) is 0 Å². The van der Waals surface area contributed by atoms with Gasteiger partial charge in [0.15, 0.2) is 5.58 Å². The van der Waals surface area contributed by atoms with Crippen LogP contribution < -0.4 is 14.8 Å². The monoisotopic (exact) mass is 470 g/mol. The number of hydrogen-bond donors (Lipinski definition) is 1. The van der Waals surface area contributed by atoms with Crippen LogP contribution in [0.2, 0.25) is 5.02 Å². The lowest BCUT2D eigenvalue weighted by molar-refractivity contribution is -0.134. The molecule has 1 amide bonds. The molecule has 0 atom stereocenters. The molecule has 4 aromatic carbocycles. The van der Waals surface area contributed by atoms with Crippen LogP contribution in [0.4, 0.5) is 5.69 Å². The van der Waals surface area contributed by atoms with Gasteiger partial charge >= 0.3 is 12.2 Å². The van der Waals surface area contributed by atoms with Gasteiger partial charge in [0.2, 0.25) is 5.89 Å². The summed E-state index contributed by atoms with van der Waals surface area (Å²) in [7, 11) is 0. The molecule has 0 fully saturated rings. The molecule has 5 rings (SSSR count). The molecule has 1 N–H and O–H groups in total. The van der Waals surface area contributed by atoms with E-state index >= 15 is 0 Å². The van der Waals surface area contributed by atoms with Gasteiger partial charge in [-0.05, 0) is 66.7 Å². The largest absolute Gasteiger partial charge is 0.446 e. The van der Waals surface area contributed by atoms with Gasteiger partial charge in [0.1, 0.15) is 17.0 Å². The highest BCUT2D eigenvalue weighted by molar-refractivity contribution is 6.31. The van der Waals surface area contributed by atoms with Crippen molar-refractivity contribution in [3.8, 4) is 23.0 Å². The summed E-state index contributed by atoms with van der Waals surface area (Å²) < 4.78 is 17.4. The van der Waals surface area contributed by atoms with Crippen LogP contribution >= 0.6 is 11.6 Å². The third-order valence-electron chi connectivity index (χ3n) is 4.94. The summed E-state index contributed by atoms with van der Waals surface area (Å²) in [5.41, 5.74) is 2.67. The highest BCUT2D eigenvalue weighted by atomic mass is 35.5. The number of aromatic nitrogens is 1. The molecule has 168 valence electrons. The zero-order valence-corrected chi connectivity index (χ0v) is 18.6. The van der Waals surface area contributed by atoms with Crippen LogP contribution in [0.15, 0.2) is 108 Å². The quantitative estimate of drug-likeness (QED) is 0.272. The van der Waals surface area contributed by atoms with Crippen LogP contribution in [0.3, 0.4) is 0 Å². The molecule has 7 heteroatoms. The van der Waals surface area contributed by atoms with Crippen molar-refractivity contribution in [3.63, 3.8) is 0 Å². The molecule has 34 heavy (non-hydrogen) atoms. The van der Waals surface area contributed by atoms with Gasteiger partial charge in [-0.1, -0.05) is 48.0 Å². The Labute approximate surface area is 200 Å². The standard InChI is InChI=1S/C27H19ClN2O4/c28-19-13-16-24-23(17-19)30-26(34-24)18-11-14-20(15-12-18)29-25(31)27(32-21-7-3-1-4-8-21)33-22-9-5-2-6-10-22/h1-17,27H,(H,29,31). The van der Waals surface area contributed by atoms with E-state index in [1.54, 1.807) is 54.6 Å². The molecule has 0 unspecified atom stereocenters. The van der Waals surface area contributed by atoms with Crippen LogP contribution in [-0.4, -0.2) is 17.2 Å². The van der Waals surface area contributed by atoms with Crippen molar-refractivity contribution in [2.24, 2.45) is 0 Å². The van der Waals surface area contributed by atoms with Gasteiger partial charge in [-0.3, -0.25) is 4.79 Å². The van der Waals surface area contributed by atoms with Crippen LogP contribution in [0.1, 0.15) is 0 Å². The minimum Gasteiger partial charge on any atom is -0.446 e. The number of fused-ring (bicyclic) bond motifs is 1. The molecule has 0 bridgehead atoms. The van der Waals surface area contributed by atoms with E-state index in [0.717, 1.165) is 5.56 Å². The maximum Gasteiger partial charge on any atom is 0.321 e. The predicted molar refractivity (Wildman–Crippen MR) is 131 cm³/mol. The molecule has 0 spiro atoms. The zero-order chi connectivity index (χ0) is 23.3. The minimum absolute atomic E-state index is 0.447. The number of nitrogens with one attached hydrogen (secondary N) is 1. The van der Waals surface area contributed by atoms with Crippen LogP contribution in [0.5, 0.6) is 11.5 Å². The van der Waals surface area contributed by atoms with Crippen molar-refractivity contribution in [1.29, 1.82) is 0 Å². The molecule has 0 saturated carbocycles. The fourth-order valence-electron chi connectivity index (χ4n) is 3.30. The minimum atomic E-state index is -1.19. The lowest BCUT2D eigenvalue weighted by atomic mass is 10.2. The number of rotatable bonds is 7. The number of benzene rings is 4. The number of halogens is 1. The van der Waals surface area contributed by atoms with E-state index in [4.69, 9.17) is 25.5 Å². The maximum absolute atomic E-state index is 13.0. The van der Waals surface area contributed by atoms with Gasteiger partial charge in [-0.2, -0.15) is 0 Å². The Morgan fingerprint density at radius 1 is 0.824 bits per heavy atom. The molecule has 5 aromatic rings. The van der Waals surface area contributed by atoms with Crippen molar-refractivity contribution in [1.82, 2.24) is 4.98 Å². The lowest BCUT2D eigenvalue weighted by Gasteiger charge is -2.20. The molecule has 1 aromatic heterocycles. The summed E-state index contributed by atoms with van der Waals surface area (Å²) in [6, 6.07) is 30.5. The predicted octanol–water partition coefficient (Wildman–Crippen LogP) is 6.57. The van der Waals surface area contributed by atoms with E-state index in [2.05, 4.69) is 10.3 Å². The average molecular weight is 471 g/mol. The van der Waals surface area contributed by atoms with Gasteiger partial charge in [0.25, 0.3) is 0 Å². The number of hydrogen-bond acceptors (Lipinski definition) is 5. The Balaban J connectivity index is 1.32. The summed E-state index contributed by atoms with van der Waals surface area (Å²) in [6.45, 7) is 0. The summed E-state index contributed by atoms with van der Waals surface area (Å²) in [4.78, 5) is 17.5. The normalized spacial score (nSPS) is 10.9. The van der Waals surface area contributed by atoms with Gasteiger partial charge in [0.05, 0.1) is 0 Å². The fourth-order valence-corrected chi connectivity index (χ4v) is 3.46. The Hall–Kier alpha value is -4.29. The van der Waals surface area contributed by atoms with E-state index in [-0.39, 0.29) is 0 Å². The number of oxazole rings is 1. The number of carbonyl (C=O) groups is 1. The Kier molecular flexibility index (Phi) is 6.14. The maximum atomic E-state index is 13.0. The number of para-hydroxylation sites is 2. The molecule has 0 saturated heterocycles. The summed E-state index contributed by atoms with van der Waals surface area (Å²) >= 11 is 6.03. The third kappa shape index (κ3) is 5.03. The molecule has 0 radical (unpaired) electrons. The summed E-state index contributed by atoms with van der Waals surface area (Å²) in [5, 5.41) is 3.43. The van der Waals surface area contributed by atoms with Crippen molar-refractivity contribution in [2.75, 3.05) is 5.32 Å². The van der Waals surface area contributed by atoms with Gasteiger partial charge in [-0.25, -0.2) is 4.98 Å². The van der Waals surface area contributed by atoms with Crippen molar-refractivity contribution in [2.45, 2.75) is 6.29 Å². The molecule has 0 aliphatic rings. The first-order valence-corrected chi connectivity index (χ1v) is 10.9. The number of nitrogens with zero attached hydrogens (tertiary/aromatic N) is 1. The molecular weight excluding hydrogens is 452 g/mol. The second-order valence-corrected chi connectivity index (χ2v) is 7.83. The summed E-state index contributed by atoms with van der Waals surface area (Å²) in [6.07, 6.45) is -1.19. The Morgan fingerprint density at radius 3 is 2.06 bits per heavy atom. The molecule has 0 aliphatic carbocycles. The first-order chi connectivity index (χ1) is 16.6. The SMILES string of the molecule is O=C(Nc1ccc(-c2nc3cc(Cl)ccc3o2)cc1)C(Oc1ccccc1)Oc1ccccc1. The lowest BCUT2D eigenvalue weighted by Crippen LogP contribution is -2.38. The molecule has 0 aliphatic heterocycles. The van der Waals surface area contributed by atoms with Gasteiger partial charge in [0, 0.05) is 16.3 Å². The number of ether oxygens (including phenoxy) is 2. The van der Waals surface area contributed by atoms with Gasteiger partial charge < -0.3 is 19.2 Å². The molecule has 1 heterocycles. The molecular formula is C27H19ClN2O4. The fraction of sp³-hybridized carbons (Fsp3) is 0.0370. The van der Waals surface area contributed by atoms with E-state index in [9.17, 15) is 4.79 Å². The van der Waals surface area contributed by atoms with E-state index in [0.29, 0.717) is 39.2 Å². The Bertz CT molecular complexity index is 1360. The van der Waals surface area contributed by atoms with E-state index in [1.165, 1.54) is 0 Å². The Morgan fingerprint density at radius 2 is 1.44 bits per heavy atom. The second-order valence-electron chi connectivity index (χ2n) is 7.39. The second kappa shape index (κ2) is 9.68. The zero-order valence-electron chi connectivity index (χ0n) is 17.9. The number of anilines is 1. The van der Waals surface area contributed by atoms with Crippen LogP contribution in [0, 0.1) is 0 Å². The van der Waals surface area contributed by atoms with Crippen molar-refractivity contribution >= 4 is 34.3 Å². The highest BCUT2D eigenvalue weighted by Gasteiger charge is 2.23. The van der Waals surface area contributed by atoms with Crippen molar-refractivity contribution in [3.05, 3.63) is 108 Å². The van der Waals surface area contributed by atoms with Crippen molar-refractivity contribution < 1.29 is 18.7 Å².